The first kappa shape index (κ1) is 16.0. The Morgan fingerprint density at radius 2 is 2.11 bits per heavy atom. The van der Waals surface area contributed by atoms with Crippen LogP contribution in [0.4, 0.5) is 0 Å². The van der Waals surface area contributed by atoms with Gasteiger partial charge in [-0.2, -0.15) is 0 Å². The van der Waals surface area contributed by atoms with Crippen LogP contribution in [0, 0.1) is 5.92 Å². The number of halogens is 1. The van der Waals surface area contributed by atoms with Crippen molar-refractivity contribution in [3.63, 3.8) is 0 Å². The van der Waals surface area contributed by atoms with Crippen molar-refractivity contribution in [1.82, 2.24) is 5.32 Å². The number of hydrogen-bond donors (Lipinski definition) is 2. The average molecular weight is 330 g/mol. The molecular formula is C14H20BrNO3. The Hall–Kier alpha value is -1.07. The Kier molecular flexibility index (Phi) is 6.87. The first-order chi connectivity index (χ1) is 9.00. The second-order valence-corrected chi connectivity index (χ2v) is 5.50. The minimum atomic E-state index is -0.506. The summed E-state index contributed by atoms with van der Waals surface area (Å²) >= 11 is 3.37. The molecule has 19 heavy (non-hydrogen) atoms. The second-order valence-electron chi connectivity index (χ2n) is 4.64. The highest BCUT2D eigenvalue weighted by Crippen LogP contribution is 2.23. The number of rotatable bonds is 7. The van der Waals surface area contributed by atoms with Gasteiger partial charge in [0.15, 0.2) is 0 Å². The third kappa shape index (κ3) is 6.07. The lowest BCUT2D eigenvalue weighted by molar-refractivity contribution is -0.122. The smallest absolute Gasteiger partial charge is 0.223 e. The van der Waals surface area contributed by atoms with Crippen LogP contribution in [0.1, 0.15) is 20.3 Å². The van der Waals surface area contributed by atoms with Gasteiger partial charge in [0, 0.05) is 6.54 Å². The Balaban J connectivity index is 2.23. The summed E-state index contributed by atoms with van der Waals surface area (Å²) in [6, 6.07) is 7.50. The van der Waals surface area contributed by atoms with Gasteiger partial charge in [-0.05, 0) is 34.0 Å². The van der Waals surface area contributed by atoms with Gasteiger partial charge in [-0.1, -0.05) is 26.0 Å². The van der Waals surface area contributed by atoms with Crippen molar-refractivity contribution in [2.75, 3.05) is 13.2 Å². The Bertz CT molecular complexity index is 409. The van der Waals surface area contributed by atoms with Crippen molar-refractivity contribution in [3.05, 3.63) is 28.7 Å². The summed E-state index contributed by atoms with van der Waals surface area (Å²) in [5.41, 5.74) is 0. The van der Waals surface area contributed by atoms with Gasteiger partial charge in [0.25, 0.3) is 0 Å². The lowest BCUT2D eigenvalue weighted by Crippen LogP contribution is -2.35. The van der Waals surface area contributed by atoms with E-state index < -0.39 is 6.10 Å². The standard InChI is InChI=1S/C14H20BrNO3/c1-10(2)12(17)9-16-14(18)7-8-19-13-6-4-3-5-11(13)15/h3-6,10,12,17H,7-9H2,1-2H3,(H,16,18). The first-order valence-electron chi connectivity index (χ1n) is 6.32. The van der Waals surface area contributed by atoms with Crippen LogP contribution in [0.15, 0.2) is 28.7 Å². The number of hydrogen-bond acceptors (Lipinski definition) is 3. The zero-order chi connectivity index (χ0) is 14.3. The molecule has 0 aromatic heterocycles. The van der Waals surface area contributed by atoms with Gasteiger partial charge in [0.05, 0.1) is 23.6 Å². The maximum absolute atomic E-state index is 11.5. The van der Waals surface area contributed by atoms with Crippen molar-refractivity contribution in [3.8, 4) is 5.75 Å². The first-order valence-corrected chi connectivity index (χ1v) is 7.12. The summed E-state index contributed by atoms with van der Waals surface area (Å²) in [7, 11) is 0. The Labute approximate surface area is 122 Å². The van der Waals surface area contributed by atoms with E-state index in [9.17, 15) is 9.90 Å². The molecule has 2 N–H and O–H groups in total. The second kappa shape index (κ2) is 8.17. The van der Waals surface area contributed by atoms with Crippen LogP contribution in [-0.2, 0) is 4.79 Å². The van der Waals surface area contributed by atoms with Gasteiger partial charge in [0.2, 0.25) is 5.91 Å². The maximum Gasteiger partial charge on any atom is 0.223 e. The topological polar surface area (TPSA) is 58.6 Å². The van der Waals surface area contributed by atoms with Crippen LogP contribution < -0.4 is 10.1 Å². The Morgan fingerprint density at radius 3 is 2.74 bits per heavy atom. The number of aliphatic hydroxyl groups is 1. The predicted molar refractivity (Wildman–Crippen MR) is 78.1 cm³/mol. The molecule has 0 fully saturated rings. The fraction of sp³-hybridized carbons (Fsp3) is 0.500. The van der Waals surface area contributed by atoms with E-state index in [1.807, 2.05) is 38.1 Å². The van der Waals surface area contributed by atoms with Gasteiger partial charge < -0.3 is 15.2 Å². The van der Waals surface area contributed by atoms with E-state index in [-0.39, 0.29) is 24.8 Å². The molecular weight excluding hydrogens is 310 g/mol. The number of carbonyl (C=O) groups is 1. The van der Waals surface area contributed by atoms with Crippen LogP contribution in [0.3, 0.4) is 0 Å². The maximum atomic E-state index is 11.5. The number of para-hydroxylation sites is 1. The molecule has 106 valence electrons. The number of aliphatic hydroxyl groups excluding tert-OH is 1. The van der Waals surface area contributed by atoms with E-state index in [0.29, 0.717) is 6.61 Å². The SMILES string of the molecule is CC(C)C(O)CNC(=O)CCOc1ccccc1Br. The molecule has 0 saturated heterocycles. The number of amides is 1. The normalized spacial score (nSPS) is 12.3. The molecule has 1 rings (SSSR count). The molecule has 1 atom stereocenters. The third-order valence-corrected chi connectivity index (χ3v) is 3.36. The number of nitrogens with one attached hydrogen (secondary N) is 1. The van der Waals surface area contributed by atoms with Gasteiger partial charge in [0.1, 0.15) is 5.75 Å². The monoisotopic (exact) mass is 329 g/mol. The van der Waals surface area contributed by atoms with E-state index in [1.165, 1.54) is 0 Å². The third-order valence-electron chi connectivity index (χ3n) is 2.70. The molecule has 0 heterocycles. The molecule has 0 saturated carbocycles. The van der Waals surface area contributed by atoms with Crippen LogP contribution in [0.25, 0.3) is 0 Å². The molecule has 5 heteroatoms. The predicted octanol–water partition coefficient (Wildman–Crippen LogP) is 2.35. The summed E-state index contributed by atoms with van der Waals surface area (Å²) in [5, 5.41) is 12.2. The van der Waals surface area contributed by atoms with Crippen LogP contribution in [0.5, 0.6) is 5.75 Å². The average Bonchev–Trinajstić information content (AvgIpc) is 2.38. The number of benzene rings is 1. The van der Waals surface area contributed by atoms with Crippen molar-refractivity contribution in [2.24, 2.45) is 5.92 Å². The molecule has 1 amide bonds. The molecule has 0 aliphatic carbocycles. The molecule has 0 spiro atoms. The van der Waals surface area contributed by atoms with Crippen LogP contribution in [-0.4, -0.2) is 30.3 Å². The molecule has 0 radical (unpaired) electrons. The highest BCUT2D eigenvalue weighted by atomic mass is 79.9. The zero-order valence-corrected chi connectivity index (χ0v) is 12.8. The summed E-state index contributed by atoms with van der Waals surface area (Å²) in [4.78, 5) is 11.5. The van der Waals surface area contributed by atoms with Gasteiger partial charge >= 0.3 is 0 Å². The van der Waals surface area contributed by atoms with E-state index >= 15 is 0 Å². The van der Waals surface area contributed by atoms with E-state index in [2.05, 4.69) is 21.2 Å². The summed E-state index contributed by atoms with van der Waals surface area (Å²) < 4.78 is 6.36. The molecule has 0 bridgehead atoms. The van der Waals surface area contributed by atoms with Crippen LogP contribution in [0.2, 0.25) is 0 Å². The van der Waals surface area contributed by atoms with E-state index in [0.717, 1.165) is 10.2 Å². The van der Waals surface area contributed by atoms with Crippen molar-refractivity contribution in [2.45, 2.75) is 26.4 Å². The highest BCUT2D eigenvalue weighted by Gasteiger charge is 2.10. The molecule has 1 aromatic carbocycles. The lowest BCUT2D eigenvalue weighted by Gasteiger charge is -2.15. The molecule has 0 aliphatic rings. The fourth-order valence-corrected chi connectivity index (χ4v) is 1.76. The zero-order valence-electron chi connectivity index (χ0n) is 11.2. The highest BCUT2D eigenvalue weighted by molar-refractivity contribution is 9.10. The van der Waals surface area contributed by atoms with Crippen LogP contribution >= 0.6 is 15.9 Å². The van der Waals surface area contributed by atoms with Crippen molar-refractivity contribution < 1.29 is 14.6 Å². The van der Waals surface area contributed by atoms with Gasteiger partial charge in [-0.3, -0.25) is 4.79 Å². The minimum Gasteiger partial charge on any atom is -0.492 e. The largest absolute Gasteiger partial charge is 0.492 e. The van der Waals surface area contributed by atoms with E-state index in [4.69, 9.17) is 4.74 Å². The molecule has 4 nitrogen and oxygen atoms in total. The fourth-order valence-electron chi connectivity index (χ4n) is 1.36. The van der Waals surface area contributed by atoms with Crippen molar-refractivity contribution >= 4 is 21.8 Å². The molecule has 0 aliphatic heterocycles. The quantitative estimate of drug-likeness (QED) is 0.807. The van der Waals surface area contributed by atoms with Gasteiger partial charge in [-0.25, -0.2) is 0 Å². The summed E-state index contributed by atoms with van der Waals surface area (Å²) in [6.45, 7) is 4.41. The summed E-state index contributed by atoms with van der Waals surface area (Å²) in [6.07, 6.45) is -0.236. The van der Waals surface area contributed by atoms with Crippen molar-refractivity contribution in [1.29, 1.82) is 0 Å². The van der Waals surface area contributed by atoms with E-state index in [1.54, 1.807) is 0 Å². The minimum absolute atomic E-state index is 0.119. The Morgan fingerprint density at radius 1 is 1.42 bits per heavy atom. The number of ether oxygens (including phenoxy) is 1. The lowest BCUT2D eigenvalue weighted by atomic mass is 10.1. The summed E-state index contributed by atoms with van der Waals surface area (Å²) in [5.74, 6) is 0.737. The molecule has 1 aromatic rings. The molecule has 1 unspecified atom stereocenters. The number of carbonyl (C=O) groups excluding carboxylic acids is 1. The van der Waals surface area contributed by atoms with Gasteiger partial charge in [-0.15, -0.1) is 0 Å².